The number of hydrogen-bond donors (Lipinski definition) is 4. The number of nitrogens with one attached hydrogen (secondary N) is 2. The minimum absolute atomic E-state index is 0.0627. The fraction of sp³-hybridized carbons (Fsp3) is 0.326. The second-order valence-corrected chi connectivity index (χ2v) is 20.0. The first-order valence-electron chi connectivity index (χ1n) is 19.2. The number of carbonyl (C=O) groups excluding carboxylic acids is 3. The molecule has 5 aromatic rings. The van der Waals surface area contributed by atoms with E-state index in [-0.39, 0.29) is 43.5 Å². The highest BCUT2D eigenvalue weighted by atomic mass is 28.4. The molecule has 3 aliphatic heterocycles. The molecule has 0 saturated carbocycles. The Morgan fingerprint density at radius 1 is 1.04 bits per heavy atom. The fourth-order valence-corrected chi connectivity index (χ4v) is 12.0. The molecule has 5 atom stereocenters. The number of ether oxygens (including phenoxy) is 1. The van der Waals surface area contributed by atoms with Gasteiger partial charge in [0.25, 0.3) is 11.6 Å². The van der Waals surface area contributed by atoms with Crippen LogP contribution in [0.1, 0.15) is 41.2 Å². The number of aliphatic hydroxyl groups is 1. The summed E-state index contributed by atoms with van der Waals surface area (Å²) in [6, 6.07) is 26.6. The molecule has 8 rings (SSSR count). The normalized spacial score (nSPS) is 22.9. The summed E-state index contributed by atoms with van der Waals surface area (Å²) < 4.78 is 6.85. The summed E-state index contributed by atoms with van der Waals surface area (Å²) in [6.07, 6.45) is 1.44. The molecular weight excluding hydrogens is 743 g/mol. The van der Waals surface area contributed by atoms with Crippen LogP contribution in [0.3, 0.4) is 0 Å². The standard InChI is InChI=1S/C43H45N5O8Si/c1-26-41(57(2,3)55)38(21-40(51)46-24-29-11-5-4-10-28(29)18-33(46)25-49)56-43(26)35-20-32(48(53)54)15-16-37(35)47(42(43)52)23-27-9-8-12-31(17-27)45-39(50)19-30-22-44-36-14-7-6-13-34(30)36/h4-17,20,22,26,33,38,41,44,49,55H,18-19,21,23-25H2,1-3H3,(H,45,50)/t26-,33+,38+,41-,43+/m1/s1. The van der Waals surface area contributed by atoms with Crippen LogP contribution in [0.15, 0.2) is 97.2 Å². The molecule has 0 aliphatic carbocycles. The summed E-state index contributed by atoms with van der Waals surface area (Å²) in [7, 11) is -3.18. The number of nitro groups is 1. The molecule has 14 heteroatoms. The second-order valence-electron chi connectivity index (χ2n) is 16.0. The van der Waals surface area contributed by atoms with Gasteiger partial charge in [-0.05, 0) is 66.0 Å². The number of rotatable bonds is 10. The lowest BCUT2D eigenvalue weighted by Gasteiger charge is -2.37. The van der Waals surface area contributed by atoms with Crippen molar-refractivity contribution in [2.75, 3.05) is 16.8 Å². The number of nitro benzene ring substituents is 1. The van der Waals surface area contributed by atoms with Gasteiger partial charge in [0.05, 0.1) is 48.7 Å². The molecule has 1 aromatic heterocycles. The van der Waals surface area contributed by atoms with Gasteiger partial charge < -0.3 is 34.7 Å². The molecule has 3 amide bonds. The van der Waals surface area contributed by atoms with E-state index < -0.39 is 48.4 Å². The van der Waals surface area contributed by atoms with Crippen LogP contribution in [0.2, 0.25) is 18.6 Å². The van der Waals surface area contributed by atoms with Crippen molar-refractivity contribution in [2.45, 2.75) is 75.7 Å². The van der Waals surface area contributed by atoms with Crippen molar-refractivity contribution in [3.8, 4) is 0 Å². The van der Waals surface area contributed by atoms with Crippen LogP contribution in [0.5, 0.6) is 0 Å². The molecular formula is C43H45N5O8Si. The Balaban J connectivity index is 1.08. The summed E-state index contributed by atoms with van der Waals surface area (Å²) in [6.45, 7) is 5.48. The van der Waals surface area contributed by atoms with E-state index in [1.54, 1.807) is 47.2 Å². The van der Waals surface area contributed by atoms with Gasteiger partial charge in [0.1, 0.15) is 0 Å². The molecule has 3 aliphatic rings. The topological polar surface area (TPSA) is 178 Å². The summed E-state index contributed by atoms with van der Waals surface area (Å²) in [5.41, 5.74) is 3.32. The van der Waals surface area contributed by atoms with Gasteiger partial charge in [-0.1, -0.05) is 61.5 Å². The van der Waals surface area contributed by atoms with Gasteiger partial charge >= 0.3 is 0 Å². The Morgan fingerprint density at radius 2 is 1.79 bits per heavy atom. The fourth-order valence-electron chi connectivity index (χ4n) is 9.45. The van der Waals surface area contributed by atoms with Crippen LogP contribution in [-0.2, 0) is 50.7 Å². The van der Waals surface area contributed by atoms with Crippen molar-refractivity contribution in [1.29, 1.82) is 0 Å². The number of non-ortho nitro benzene ring substituents is 1. The van der Waals surface area contributed by atoms with E-state index in [0.29, 0.717) is 35.5 Å². The number of amides is 3. The van der Waals surface area contributed by atoms with E-state index in [1.807, 2.05) is 67.7 Å². The van der Waals surface area contributed by atoms with E-state index >= 15 is 4.79 Å². The van der Waals surface area contributed by atoms with Crippen molar-refractivity contribution in [1.82, 2.24) is 9.88 Å². The molecule has 13 nitrogen and oxygen atoms in total. The largest absolute Gasteiger partial charge is 0.432 e. The van der Waals surface area contributed by atoms with E-state index in [1.165, 1.54) is 12.1 Å². The summed E-state index contributed by atoms with van der Waals surface area (Å²) in [5.74, 6) is -1.59. The highest BCUT2D eigenvalue weighted by Gasteiger charge is 2.66. The lowest BCUT2D eigenvalue weighted by molar-refractivity contribution is -0.385. The van der Waals surface area contributed by atoms with Gasteiger partial charge in [-0.15, -0.1) is 0 Å². The van der Waals surface area contributed by atoms with Crippen LogP contribution in [-0.4, -0.2) is 69.5 Å². The van der Waals surface area contributed by atoms with Gasteiger partial charge in [0.15, 0.2) is 13.9 Å². The third-order valence-corrected chi connectivity index (χ3v) is 14.5. The molecule has 57 heavy (non-hydrogen) atoms. The smallest absolute Gasteiger partial charge is 0.269 e. The van der Waals surface area contributed by atoms with Crippen LogP contribution in [0, 0.1) is 16.0 Å². The number of aromatic amines is 1. The molecule has 294 valence electrons. The first kappa shape index (κ1) is 38.2. The average Bonchev–Trinajstić information content (AvgIpc) is 3.80. The molecule has 4 aromatic carbocycles. The minimum atomic E-state index is -3.18. The predicted octanol–water partition coefficient (Wildman–Crippen LogP) is 5.94. The van der Waals surface area contributed by atoms with E-state index in [9.17, 15) is 29.6 Å². The Kier molecular flexibility index (Phi) is 9.84. The Hall–Kier alpha value is -5.67. The number of hydrogen-bond acceptors (Lipinski definition) is 8. The maximum atomic E-state index is 15.0. The van der Waals surface area contributed by atoms with E-state index in [0.717, 1.165) is 27.6 Å². The molecule has 0 unspecified atom stereocenters. The summed E-state index contributed by atoms with van der Waals surface area (Å²) >= 11 is 0. The molecule has 0 bridgehead atoms. The Bertz CT molecular complexity index is 2410. The highest BCUT2D eigenvalue weighted by Crippen LogP contribution is 2.60. The number of para-hydroxylation sites is 1. The van der Waals surface area contributed by atoms with Crippen LogP contribution >= 0.6 is 0 Å². The van der Waals surface area contributed by atoms with Gasteiger partial charge in [-0.3, -0.25) is 24.5 Å². The zero-order valence-electron chi connectivity index (χ0n) is 32.0. The zero-order valence-corrected chi connectivity index (χ0v) is 33.0. The minimum Gasteiger partial charge on any atom is -0.432 e. The third kappa shape index (κ3) is 6.82. The third-order valence-electron chi connectivity index (χ3n) is 12.0. The zero-order chi connectivity index (χ0) is 40.2. The Morgan fingerprint density at radius 3 is 2.54 bits per heavy atom. The number of benzene rings is 4. The van der Waals surface area contributed by atoms with E-state index in [4.69, 9.17) is 4.74 Å². The van der Waals surface area contributed by atoms with Crippen LogP contribution in [0.25, 0.3) is 10.9 Å². The number of aromatic nitrogens is 1. The van der Waals surface area contributed by atoms with Gasteiger partial charge in [0, 0.05) is 58.5 Å². The quantitative estimate of drug-likeness (QED) is 0.0764. The highest BCUT2D eigenvalue weighted by molar-refractivity contribution is 6.71. The SMILES string of the molecule is C[C@@H]1[C@@H]([Si](C)(C)O)[C@H](CC(=O)N2Cc3ccccc3C[C@H]2CO)O[C@@]12C(=O)N(Cc1cccc(NC(=O)Cc3c[nH]c4ccccc34)c1)c1ccc([N+](=O)[O-])cc12. The maximum Gasteiger partial charge on any atom is 0.269 e. The first-order valence-corrected chi connectivity index (χ1v) is 22.2. The Labute approximate surface area is 330 Å². The average molecular weight is 788 g/mol. The lowest BCUT2D eigenvalue weighted by Crippen LogP contribution is -2.48. The number of fused-ring (bicyclic) bond motifs is 4. The predicted molar refractivity (Wildman–Crippen MR) is 217 cm³/mol. The second kappa shape index (κ2) is 14.7. The lowest BCUT2D eigenvalue weighted by atomic mass is 9.82. The monoisotopic (exact) mass is 787 g/mol. The van der Waals surface area contributed by atoms with Crippen molar-refractivity contribution in [3.63, 3.8) is 0 Å². The number of anilines is 2. The molecule has 1 saturated heterocycles. The summed E-state index contributed by atoms with van der Waals surface area (Å²) in [4.78, 5) is 72.2. The number of carbonyl (C=O) groups is 3. The van der Waals surface area contributed by atoms with Gasteiger partial charge in [-0.25, -0.2) is 0 Å². The molecule has 0 radical (unpaired) electrons. The van der Waals surface area contributed by atoms with Crippen molar-refractivity contribution >= 4 is 54.0 Å². The molecule has 4 heterocycles. The number of H-pyrrole nitrogens is 1. The van der Waals surface area contributed by atoms with Gasteiger partial charge in [-0.2, -0.15) is 0 Å². The number of aliphatic hydroxyl groups excluding tert-OH is 1. The van der Waals surface area contributed by atoms with Gasteiger partial charge in [0.2, 0.25) is 11.8 Å². The van der Waals surface area contributed by atoms with Crippen molar-refractivity contribution in [2.24, 2.45) is 5.92 Å². The molecule has 1 spiro atoms. The van der Waals surface area contributed by atoms with E-state index in [2.05, 4.69) is 10.3 Å². The van der Waals surface area contributed by atoms with Crippen molar-refractivity contribution in [3.05, 3.63) is 135 Å². The summed E-state index contributed by atoms with van der Waals surface area (Å²) in [5, 5.41) is 26.4. The van der Waals surface area contributed by atoms with Crippen LogP contribution in [0.4, 0.5) is 17.1 Å². The molecule has 1 fully saturated rings. The maximum absolute atomic E-state index is 15.0. The molecule has 4 N–H and O–H groups in total. The first-order chi connectivity index (χ1) is 27.3. The number of nitrogens with zero attached hydrogens (tertiary/aromatic N) is 3. The van der Waals surface area contributed by atoms with Crippen LogP contribution < -0.4 is 10.2 Å². The van der Waals surface area contributed by atoms with Crippen molar-refractivity contribution < 1.29 is 33.9 Å².